The zero-order valence-electron chi connectivity index (χ0n) is 10.7. The van der Waals surface area contributed by atoms with E-state index in [1.54, 1.807) is 17.4 Å². The van der Waals surface area contributed by atoms with Crippen LogP contribution in [-0.4, -0.2) is 26.5 Å². The number of nitrogens with zero attached hydrogens (tertiary/aromatic N) is 1. The van der Waals surface area contributed by atoms with Gasteiger partial charge in [0.1, 0.15) is 6.72 Å². The van der Waals surface area contributed by atoms with Crippen LogP contribution < -0.4 is 0 Å². The largest absolute Gasteiger partial charge is 0.504 e. The quantitative estimate of drug-likeness (QED) is 0.293. The fourth-order valence-electron chi connectivity index (χ4n) is 1.99. The summed E-state index contributed by atoms with van der Waals surface area (Å²) in [4.78, 5) is 2.19. The molecule has 1 heterocycles. The lowest BCUT2D eigenvalue weighted by Gasteiger charge is -1.97. The lowest BCUT2D eigenvalue weighted by molar-refractivity contribution is -0.288. The number of aromatic hydroxyl groups is 2. The number of hydrogen-bond donors (Lipinski definition) is 2. The van der Waals surface area contributed by atoms with Crippen LogP contribution >= 0.6 is 0 Å². The molecule has 2 aromatic rings. The molecule has 3 rings (SSSR count). The van der Waals surface area contributed by atoms with E-state index in [2.05, 4.69) is 12.8 Å². The third kappa shape index (κ3) is 2.21. The van der Waals surface area contributed by atoms with Crippen LogP contribution in [0.25, 0.3) is 6.08 Å². The monoisotopic (exact) mass is 283 g/mol. The number of rotatable bonds is 2. The Morgan fingerprint density at radius 3 is 2.55 bits per heavy atom. The molecule has 0 aromatic heterocycles. The van der Waals surface area contributed by atoms with Crippen LogP contribution in [0.2, 0.25) is 0 Å². The summed E-state index contributed by atoms with van der Waals surface area (Å²) in [6.07, 6.45) is 3.83. The van der Waals surface area contributed by atoms with Gasteiger partial charge in [-0.3, -0.25) is 0 Å². The Kier molecular flexibility index (Phi) is 3.08. The van der Waals surface area contributed by atoms with Gasteiger partial charge in [-0.1, -0.05) is 18.2 Å². The second-order valence-electron chi connectivity index (χ2n) is 4.42. The average Bonchev–Trinajstić information content (AvgIpc) is 2.77. The summed E-state index contributed by atoms with van der Waals surface area (Å²) in [6.45, 7) is 4.04. The van der Waals surface area contributed by atoms with Gasteiger partial charge in [-0.2, -0.15) is 0 Å². The van der Waals surface area contributed by atoms with E-state index in [9.17, 15) is 10.2 Å². The topological polar surface area (TPSA) is 43.5 Å². The van der Waals surface area contributed by atoms with Crippen molar-refractivity contribution in [2.24, 2.45) is 0 Å². The molecule has 0 saturated heterocycles. The van der Waals surface area contributed by atoms with Crippen molar-refractivity contribution in [3.8, 4) is 11.5 Å². The number of phenolic OH excluding ortho intramolecular Hbond substituents is 2. The van der Waals surface area contributed by atoms with Crippen molar-refractivity contribution in [3.63, 3.8) is 0 Å². The highest BCUT2D eigenvalue weighted by Crippen LogP contribution is 2.27. The number of hydrogen-bond acceptors (Lipinski definition) is 2. The maximum Gasteiger partial charge on any atom is 0.466 e. The van der Waals surface area contributed by atoms with Crippen molar-refractivity contribution in [1.29, 1.82) is 0 Å². The van der Waals surface area contributed by atoms with E-state index in [1.165, 1.54) is 17.0 Å². The fourth-order valence-corrected chi connectivity index (χ4v) is 2.99. The molecule has 2 aromatic carbocycles. The van der Waals surface area contributed by atoms with Gasteiger partial charge in [0, 0.05) is 12.1 Å². The van der Waals surface area contributed by atoms with Crippen LogP contribution in [0.5, 0.6) is 11.5 Å². The molecular formula is C16H13NO2S+2. The van der Waals surface area contributed by atoms with Gasteiger partial charge in [0.25, 0.3) is 5.69 Å². The first-order valence-electron chi connectivity index (χ1n) is 6.09. The highest BCUT2D eigenvalue weighted by atomic mass is 32.1. The van der Waals surface area contributed by atoms with Crippen LogP contribution in [0.15, 0.2) is 53.4 Å². The molecule has 0 unspecified atom stereocenters. The minimum absolute atomic E-state index is 0.115. The predicted octanol–water partition coefficient (Wildman–Crippen LogP) is 2.74. The zero-order chi connectivity index (χ0) is 14.1. The van der Waals surface area contributed by atoms with Crippen LogP contribution in [0.1, 0.15) is 5.56 Å². The van der Waals surface area contributed by atoms with E-state index in [-0.39, 0.29) is 11.5 Å². The van der Waals surface area contributed by atoms with Gasteiger partial charge in [0.2, 0.25) is 0 Å². The summed E-state index contributed by atoms with van der Waals surface area (Å²) in [5.41, 5.74) is 1.91. The number of para-hydroxylation sites is 1. The lowest BCUT2D eigenvalue weighted by Crippen LogP contribution is -2.06. The molecular weight excluding hydrogens is 270 g/mol. The second kappa shape index (κ2) is 4.90. The Bertz CT molecular complexity index is 763. The van der Waals surface area contributed by atoms with Crippen LogP contribution in [0.3, 0.4) is 0 Å². The molecule has 2 N–H and O–H groups in total. The van der Waals surface area contributed by atoms with Gasteiger partial charge in [-0.15, -0.1) is 4.58 Å². The van der Waals surface area contributed by atoms with E-state index in [1.807, 2.05) is 34.9 Å². The molecule has 0 spiro atoms. The SMILES string of the molecule is C=[N+]1C(/C=C/c2ccc(O)c(O)c2)=[S+]c2ccccc21. The Balaban J connectivity index is 1.88. The number of benzene rings is 2. The van der Waals surface area contributed by atoms with E-state index in [0.29, 0.717) is 0 Å². The van der Waals surface area contributed by atoms with Crippen LogP contribution in [-0.2, 0) is 11.4 Å². The maximum atomic E-state index is 9.47. The molecule has 4 heteroatoms. The molecule has 0 saturated carbocycles. The van der Waals surface area contributed by atoms with Crippen LogP contribution in [0, 0.1) is 0 Å². The van der Waals surface area contributed by atoms with Gasteiger partial charge in [-0.25, -0.2) is 0 Å². The Morgan fingerprint density at radius 2 is 1.80 bits per heavy atom. The predicted molar refractivity (Wildman–Crippen MR) is 82.9 cm³/mol. The lowest BCUT2D eigenvalue weighted by atomic mass is 10.2. The van der Waals surface area contributed by atoms with Gasteiger partial charge < -0.3 is 10.2 Å². The molecule has 0 amide bonds. The molecule has 0 bridgehead atoms. The minimum atomic E-state index is -0.119. The van der Waals surface area contributed by atoms with Gasteiger partial charge in [0.15, 0.2) is 11.5 Å². The first kappa shape index (κ1) is 12.6. The molecule has 0 atom stereocenters. The summed E-state index contributed by atoms with van der Waals surface area (Å²) in [5.74, 6) is -0.234. The fraction of sp³-hybridized carbons (Fsp3) is 0. The minimum Gasteiger partial charge on any atom is -0.504 e. The Labute approximate surface area is 120 Å². The van der Waals surface area contributed by atoms with Crippen molar-refractivity contribution in [2.75, 3.05) is 0 Å². The zero-order valence-corrected chi connectivity index (χ0v) is 11.5. The highest BCUT2D eigenvalue weighted by molar-refractivity contribution is 7.79. The molecule has 20 heavy (non-hydrogen) atoms. The van der Waals surface area contributed by atoms with Gasteiger partial charge >= 0.3 is 21.2 Å². The highest BCUT2D eigenvalue weighted by Gasteiger charge is 2.37. The van der Waals surface area contributed by atoms with E-state index < -0.39 is 0 Å². The second-order valence-corrected chi connectivity index (χ2v) is 5.48. The van der Waals surface area contributed by atoms with Gasteiger partial charge in [-0.05, 0) is 23.8 Å². The summed E-state index contributed by atoms with van der Waals surface area (Å²) in [7, 11) is 0. The van der Waals surface area contributed by atoms with Crippen molar-refractivity contribution in [1.82, 2.24) is 0 Å². The summed E-state index contributed by atoms with van der Waals surface area (Å²) in [6, 6.07) is 12.8. The molecule has 0 aliphatic carbocycles. The summed E-state index contributed by atoms with van der Waals surface area (Å²) < 4.78 is 1.89. The van der Waals surface area contributed by atoms with E-state index >= 15 is 0 Å². The molecule has 1 aliphatic heterocycles. The molecule has 3 nitrogen and oxygen atoms in total. The molecule has 98 valence electrons. The first-order valence-corrected chi connectivity index (χ1v) is 6.91. The number of fused-ring (bicyclic) bond motifs is 1. The van der Waals surface area contributed by atoms with Crippen molar-refractivity contribution >= 4 is 34.8 Å². The summed E-state index contributed by atoms with van der Waals surface area (Å²) >= 11 is 1.65. The third-order valence-electron chi connectivity index (χ3n) is 3.05. The van der Waals surface area contributed by atoms with Crippen LogP contribution in [0.4, 0.5) is 5.69 Å². The van der Waals surface area contributed by atoms with Crippen molar-refractivity contribution in [2.45, 2.75) is 4.90 Å². The molecule has 0 fully saturated rings. The van der Waals surface area contributed by atoms with E-state index in [4.69, 9.17) is 0 Å². The Hall–Kier alpha value is -2.46. The Morgan fingerprint density at radius 1 is 1.00 bits per heavy atom. The standard InChI is InChI=1S/C16H11NO2S/c1-17-12-4-2-3-5-15(12)20-16(17)9-7-11-6-8-13(18)14(19)10-11/h2-10H,1H2/p+2/b9-7+. The van der Waals surface area contributed by atoms with Crippen molar-refractivity contribution < 1.29 is 14.8 Å². The van der Waals surface area contributed by atoms with Gasteiger partial charge in [0.05, 0.1) is 6.08 Å². The summed E-state index contributed by atoms with van der Waals surface area (Å²) in [5, 5.41) is 18.7. The van der Waals surface area contributed by atoms with E-state index in [0.717, 1.165) is 16.2 Å². The smallest absolute Gasteiger partial charge is 0.466 e. The first-order chi connectivity index (χ1) is 9.65. The normalized spacial score (nSPS) is 13.6. The average molecular weight is 283 g/mol. The van der Waals surface area contributed by atoms with Crippen molar-refractivity contribution in [3.05, 3.63) is 54.1 Å². The molecule has 1 aliphatic rings. The number of phenols is 2. The maximum absolute atomic E-state index is 9.47. The third-order valence-corrected chi connectivity index (χ3v) is 4.19. The molecule has 0 radical (unpaired) electrons.